The van der Waals surface area contributed by atoms with Crippen LogP contribution in [0.3, 0.4) is 0 Å². The lowest BCUT2D eigenvalue weighted by Gasteiger charge is -2.21. The summed E-state index contributed by atoms with van der Waals surface area (Å²) in [6, 6.07) is 3.16. The van der Waals surface area contributed by atoms with Crippen molar-refractivity contribution in [3.63, 3.8) is 0 Å². The van der Waals surface area contributed by atoms with Crippen molar-refractivity contribution in [3.8, 4) is 0 Å². The van der Waals surface area contributed by atoms with Crippen LogP contribution in [0.2, 0.25) is 0 Å². The van der Waals surface area contributed by atoms with E-state index in [0.29, 0.717) is 12.1 Å². The standard InChI is InChI=1S/C14H20F2N2/c1-9-5-10(9)7-18(2)8-14(17)12-4-3-11(15)6-13(12)16/h3-4,6,9-10,14H,5,7-8,17H2,1-2H3. The Balaban J connectivity index is 1.91. The van der Waals surface area contributed by atoms with Gasteiger partial charge >= 0.3 is 0 Å². The van der Waals surface area contributed by atoms with Gasteiger partial charge in [0.2, 0.25) is 0 Å². The van der Waals surface area contributed by atoms with Crippen LogP contribution in [-0.4, -0.2) is 25.0 Å². The molecule has 3 unspecified atom stereocenters. The number of hydrogen-bond donors (Lipinski definition) is 1. The third-order valence-corrected chi connectivity index (χ3v) is 3.69. The maximum atomic E-state index is 13.5. The van der Waals surface area contributed by atoms with Crippen LogP contribution in [0.1, 0.15) is 24.9 Å². The van der Waals surface area contributed by atoms with Crippen molar-refractivity contribution in [3.05, 3.63) is 35.4 Å². The van der Waals surface area contributed by atoms with E-state index in [1.807, 2.05) is 7.05 Å². The quantitative estimate of drug-likeness (QED) is 0.875. The van der Waals surface area contributed by atoms with Gasteiger partial charge in [0.1, 0.15) is 11.6 Å². The average molecular weight is 254 g/mol. The van der Waals surface area contributed by atoms with E-state index in [4.69, 9.17) is 5.73 Å². The van der Waals surface area contributed by atoms with Crippen LogP contribution in [0.25, 0.3) is 0 Å². The van der Waals surface area contributed by atoms with E-state index in [1.165, 1.54) is 18.6 Å². The molecule has 1 aromatic carbocycles. The Hall–Kier alpha value is -1.00. The molecule has 0 aromatic heterocycles. The number of nitrogens with zero attached hydrogens (tertiary/aromatic N) is 1. The van der Waals surface area contributed by atoms with Crippen LogP contribution >= 0.6 is 0 Å². The van der Waals surface area contributed by atoms with Gasteiger partial charge in [-0.15, -0.1) is 0 Å². The molecule has 0 aliphatic heterocycles. The summed E-state index contributed by atoms with van der Waals surface area (Å²) in [5, 5.41) is 0. The number of hydrogen-bond acceptors (Lipinski definition) is 2. The summed E-state index contributed by atoms with van der Waals surface area (Å²) in [7, 11) is 1.99. The van der Waals surface area contributed by atoms with E-state index >= 15 is 0 Å². The molecule has 2 N–H and O–H groups in total. The summed E-state index contributed by atoms with van der Waals surface area (Å²) in [5.74, 6) is 0.422. The van der Waals surface area contributed by atoms with Crippen LogP contribution in [-0.2, 0) is 0 Å². The zero-order valence-corrected chi connectivity index (χ0v) is 10.9. The van der Waals surface area contributed by atoms with Crippen LogP contribution in [0.15, 0.2) is 18.2 Å². The second-order valence-electron chi connectivity index (χ2n) is 5.47. The zero-order valence-electron chi connectivity index (χ0n) is 10.9. The first kappa shape index (κ1) is 13.4. The van der Waals surface area contributed by atoms with Gasteiger partial charge in [-0.05, 0) is 31.4 Å². The van der Waals surface area contributed by atoms with Gasteiger partial charge in [-0.3, -0.25) is 0 Å². The fourth-order valence-electron chi connectivity index (χ4n) is 2.36. The Labute approximate surface area is 107 Å². The number of rotatable bonds is 5. The third kappa shape index (κ3) is 3.27. The largest absolute Gasteiger partial charge is 0.323 e. The molecule has 0 radical (unpaired) electrons. The lowest BCUT2D eigenvalue weighted by molar-refractivity contribution is 0.293. The van der Waals surface area contributed by atoms with Crippen LogP contribution in [0.4, 0.5) is 8.78 Å². The van der Waals surface area contributed by atoms with Crippen molar-refractivity contribution in [2.24, 2.45) is 17.6 Å². The fraction of sp³-hybridized carbons (Fsp3) is 0.571. The summed E-state index contributed by atoms with van der Waals surface area (Å²) < 4.78 is 26.4. The molecule has 1 fully saturated rings. The molecule has 3 atom stereocenters. The highest BCUT2D eigenvalue weighted by atomic mass is 19.1. The molecule has 18 heavy (non-hydrogen) atoms. The molecule has 1 saturated carbocycles. The topological polar surface area (TPSA) is 29.3 Å². The molecule has 1 aliphatic rings. The van der Waals surface area contributed by atoms with Crippen molar-refractivity contribution in [1.29, 1.82) is 0 Å². The summed E-state index contributed by atoms with van der Waals surface area (Å²) in [4.78, 5) is 2.13. The van der Waals surface area contributed by atoms with Crippen LogP contribution < -0.4 is 5.73 Å². The Kier molecular flexibility index (Phi) is 3.97. The molecule has 4 heteroatoms. The van der Waals surface area contributed by atoms with E-state index in [9.17, 15) is 8.78 Å². The molecule has 0 amide bonds. The van der Waals surface area contributed by atoms with Gasteiger partial charge in [0.15, 0.2) is 0 Å². The van der Waals surface area contributed by atoms with Crippen LogP contribution in [0.5, 0.6) is 0 Å². The van der Waals surface area contributed by atoms with Gasteiger partial charge in [0, 0.05) is 30.8 Å². The summed E-state index contributed by atoms with van der Waals surface area (Å²) in [6.45, 7) is 3.82. The maximum absolute atomic E-state index is 13.5. The second-order valence-corrected chi connectivity index (χ2v) is 5.47. The predicted octanol–water partition coefficient (Wildman–Crippen LogP) is 2.55. The van der Waals surface area contributed by atoms with Gasteiger partial charge in [-0.1, -0.05) is 13.0 Å². The Morgan fingerprint density at radius 2 is 2.11 bits per heavy atom. The third-order valence-electron chi connectivity index (χ3n) is 3.69. The Bertz CT molecular complexity index is 422. The van der Waals surface area contributed by atoms with Gasteiger partial charge in [0.05, 0.1) is 0 Å². The number of likely N-dealkylation sites (N-methyl/N-ethyl adjacent to an activating group) is 1. The van der Waals surface area contributed by atoms with Crippen molar-refractivity contribution < 1.29 is 8.78 Å². The predicted molar refractivity (Wildman–Crippen MR) is 68.1 cm³/mol. The molecule has 100 valence electrons. The molecular weight excluding hydrogens is 234 g/mol. The van der Waals surface area contributed by atoms with Crippen molar-refractivity contribution in [1.82, 2.24) is 4.90 Å². The summed E-state index contributed by atoms with van der Waals surface area (Å²) in [6.07, 6.45) is 1.27. The fourth-order valence-corrected chi connectivity index (χ4v) is 2.36. The molecule has 2 nitrogen and oxygen atoms in total. The number of nitrogens with two attached hydrogens (primary N) is 1. The molecule has 0 spiro atoms. The van der Waals surface area contributed by atoms with Gasteiger partial charge in [-0.25, -0.2) is 8.78 Å². The van der Waals surface area contributed by atoms with Crippen molar-refractivity contribution >= 4 is 0 Å². The first-order valence-corrected chi connectivity index (χ1v) is 6.36. The smallest absolute Gasteiger partial charge is 0.130 e. The Morgan fingerprint density at radius 3 is 2.67 bits per heavy atom. The minimum atomic E-state index is -0.566. The average Bonchev–Trinajstić information content (AvgIpc) is 2.93. The SMILES string of the molecule is CC1CC1CN(C)CC(N)c1ccc(F)cc1F. The Morgan fingerprint density at radius 1 is 1.44 bits per heavy atom. The molecule has 1 aliphatic carbocycles. The van der Waals surface area contributed by atoms with E-state index in [2.05, 4.69) is 11.8 Å². The normalized spacial score (nSPS) is 24.3. The van der Waals surface area contributed by atoms with Crippen LogP contribution in [0, 0.1) is 23.5 Å². The zero-order chi connectivity index (χ0) is 13.3. The van der Waals surface area contributed by atoms with E-state index in [-0.39, 0.29) is 0 Å². The van der Waals surface area contributed by atoms with Gasteiger partial charge in [-0.2, -0.15) is 0 Å². The second kappa shape index (κ2) is 5.33. The number of benzene rings is 1. The highest BCUT2D eigenvalue weighted by molar-refractivity contribution is 5.22. The highest BCUT2D eigenvalue weighted by Crippen LogP contribution is 2.38. The monoisotopic (exact) mass is 254 g/mol. The summed E-state index contributed by atoms with van der Waals surface area (Å²) >= 11 is 0. The molecular formula is C14H20F2N2. The minimum Gasteiger partial charge on any atom is -0.323 e. The molecule has 0 saturated heterocycles. The summed E-state index contributed by atoms with van der Waals surface area (Å²) in [5.41, 5.74) is 6.36. The lowest BCUT2D eigenvalue weighted by Crippen LogP contribution is -2.31. The van der Waals surface area contributed by atoms with E-state index in [0.717, 1.165) is 24.4 Å². The van der Waals surface area contributed by atoms with E-state index in [1.54, 1.807) is 0 Å². The van der Waals surface area contributed by atoms with Crippen molar-refractivity contribution in [2.45, 2.75) is 19.4 Å². The highest BCUT2D eigenvalue weighted by Gasteiger charge is 2.33. The maximum Gasteiger partial charge on any atom is 0.130 e. The number of halogens is 2. The molecule has 0 bridgehead atoms. The van der Waals surface area contributed by atoms with E-state index < -0.39 is 17.7 Å². The van der Waals surface area contributed by atoms with Gasteiger partial charge in [0.25, 0.3) is 0 Å². The first-order valence-electron chi connectivity index (χ1n) is 6.36. The lowest BCUT2D eigenvalue weighted by atomic mass is 10.1. The van der Waals surface area contributed by atoms with Gasteiger partial charge < -0.3 is 10.6 Å². The minimum absolute atomic E-state index is 0.382. The molecule has 0 heterocycles. The molecule has 2 rings (SSSR count). The van der Waals surface area contributed by atoms with Crippen molar-refractivity contribution in [2.75, 3.05) is 20.1 Å². The molecule has 1 aromatic rings. The first-order chi connectivity index (χ1) is 8.47.